The average molecular weight is 267 g/mol. The van der Waals surface area contributed by atoms with Gasteiger partial charge in [0.25, 0.3) is 0 Å². The zero-order chi connectivity index (χ0) is 14.1. The second-order valence-electron chi connectivity index (χ2n) is 4.50. The predicted molar refractivity (Wildman–Crippen MR) is 77.2 cm³/mol. The molecule has 1 rings (SSSR count). The Morgan fingerprint density at radius 3 is 2.42 bits per heavy atom. The molecule has 19 heavy (non-hydrogen) atoms. The van der Waals surface area contributed by atoms with Crippen LogP contribution < -0.4 is 14.8 Å². The highest BCUT2D eigenvalue weighted by atomic mass is 16.5. The number of rotatable bonds is 9. The Morgan fingerprint density at radius 2 is 1.84 bits per heavy atom. The summed E-state index contributed by atoms with van der Waals surface area (Å²) in [6.45, 7) is 3.86. The molecule has 0 heterocycles. The minimum Gasteiger partial charge on any atom is -0.493 e. The Balaban J connectivity index is 2.72. The van der Waals surface area contributed by atoms with Crippen LogP contribution in [0.4, 0.5) is 0 Å². The molecule has 1 unspecified atom stereocenters. The summed E-state index contributed by atoms with van der Waals surface area (Å²) in [7, 11) is 5.03. The van der Waals surface area contributed by atoms with Crippen molar-refractivity contribution in [2.45, 2.75) is 25.8 Å². The third-order valence-electron chi connectivity index (χ3n) is 2.98. The van der Waals surface area contributed by atoms with Gasteiger partial charge >= 0.3 is 0 Å². The molecule has 0 radical (unpaired) electrons. The normalized spacial score (nSPS) is 12.2. The van der Waals surface area contributed by atoms with E-state index in [1.54, 1.807) is 21.3 Å². The van der Waals surface area contributed by atoms with Gasteiger partial charge in [0.2, 0.25) is 0 Å². The van der Waals surface area contributed by atoms with Gasteiger partial charge in [-0.2, -0.15) is 0 Å². The lowest BCUT2D eigenvalue weighted by molar-refractivity contribution is 0.166. The van der Waals surface area contributed by atoms with Crippen LogP contribution in [-0.4, -0.2) is 40.5 Å². The van der Waals surface area contributed by atoms with E-state index in [4.69, 9.17) is 14.2 Å². The Labute approximate surface area is 116 Å². The number of nitrogens with one attached hydrogen (secondary N) is 1. The zero-order valence-corrected chi connectivity index (χ0v) is 12.4. The van der Waals surface area contributed by atoms with E-state index in [2.05, 4.69) is 18.3 Å². The van der Waals surface area contributed by atoms with Crippen molar-refractivity contribution in [1.82, 2.24) is 5.32 Å². The summed E-state index contributed by atoms with van der Waals surface area (Å²) in [5, 5.41) is 3.49. The summed E-state index contributed by atoms with van der Waals surface area (Å²) >= 11 is 0. The van der Waals surface area contributed by atoms with Crippen molar-refractivity contribution in [2.75, 3.05) is 34.5 Å². The Hall–Kier alpha value is -1.26. The number of hydrogen-bond donors (Lipinski definition) is 1. The van der Waals surface area contributed by atoms with E-state index in [1.165, 1.54) is 5.56 Å². The molecule has 108 valence electrons. The maximum absolute atomic E-state index is 5.32. The van der Waals surface area contributed by atoms with Gasteiger partial charge in [0.15, 0.2) is 11.5 Å². The molecule has 0 saturated carbocycles. The lowest BCUT2D eigenvalue weighted by Crippen LogP contribution is -2.35. The van der Waals surface area contributed by atoms with Crippen LogP contribution in [-0.2, 0) is 11.2 Å². The van der Waals surface area contributed by atoms with Gasteiger partial charge in [-0.25, -0.2) is 0 Å². The SMILES string of the molecule is CCCNC(COC)Cc1ccc(OC)c(OC)c1. The average Bonchev–Trinajstić information content (AvgIpc) is 2.44. The Bertz CT molecular complexity index is 368. The minimum absolute atomic E-state index is 0.322. The molecule has 0 bridgehead atoms. The van der Waals surface area contributed by atoms with E-state index < -0.39 is 0 Å². The maximum atomic E-state index is 5.32. The molecular weight excluding hydrogens is 242 g/mol. The maximum Gasteiger partial charge on any atom is 0.160 e. The van der Waals surface area contributed by atoms with Crippen LogP contribution in [0.15, 0.2) is 18.2 Å². The molecule has 0 saturated heterocycles. The summed E-state index contributed by atoms with van der Waals surface area (Å²) in [6.07, 6.45) is 2.03. The summed E-state index contributed by atoms with van der Waals surface area (Å²) in [4.78, 5) is 0. The van der Waals surface area contributed by atoms with Crippen LogP contribution in [0, 0.1) is 0 Å². The number of hydrogen-bond acceptors (Lipinski definition) is 4. The fourth-order valence-corrected chi connectivity index (χ4v) is 2.03. The lowest BCUT2D eigenvalue weighted by atomic mass is 10.1. The first-order valence-corrected chi connectivity index (χ1v) is 6.68. The van der Waals surface area contributed by atoms with Crippen LogP contribution >= 0.6 is 0 Å². The van der Waals surface area contributed by atoms with E-state index in [0.717, 1.165) is 30.9 Å². The van der Waals surface area contributed by atoms with Gasteiger partial charge < -0.3 is 19.5 Å². The van der Waals surface area contributed by atoms with E-state index in [-0.39, 0.29) is 0 Å². The molecule has 1 atom stereocenters. The first kappa shape index (κ1) is 15.8. The molecule has 0 aliphatic carbocycles. The lowest BCUT2D eigenvalue weighted by Gasteiger charge is -2.18. The molecule has 4 heteroatoms. The molecule has 1 N–H and O–H groups in total. The zero-order valence-electron chi connectivity index (χ0n) is 12.4. The first-order valence-electron chi connectivity index (χ1n) is 6.68. The molecule has 0 aliphatic rings. The minimum atomic E-state index is 0.322. The number of benzene rings is 1. The molecule has 0 amide bonds. The standard InChI is InChI=1S/C15H25NO3/c1-5-8-16-13(11-17-2)9-12-6-7-14(18-3)15(10-12)19-4/h6-7,10,13,16H,5,8-9,11H2,1-4H3. The largest absolute Gasteiger partial charge is 0.493 e. The molecular formula is C15H25NO3. The van der Waals surface area contributed by atoms with E-state index >= 15 is 0 Å². The van der Waals surface area contributed by atoms with Crippen molar-refractivity contribution < 1.29 is 14.2 Å². The third-order valence-corrected chi connectivity index (χ3v) is 2.98. The van der Waals surface area contributed by atoms with Crippen LogP contribution in [0.2, 0.25) is 0 Å². The molecule has 1 aromatic carbocycles. The van der Waals surface area contributed by atoms with Crippen LogP contribution in [0.5, 0.6) is 11.5 Å². The topological polar surface area (TPSA) is 39.7 Å². The highest BCUT2D eigenvalue weighted by Crippen LogP contribution is 2.27. The first-order chi connectivity index (χ1) is 9.24. The van der Waals surface area contributed by atoms with Crippen molar-refractivity contribution in [2.24, 2.45) is 0 Å². The van der Waals surface area contributed by atoms with E-state index in [9.17, 15) is 0 Å². The summed E-state index contributed by atoms with van der Waals surface area (Å²) < 4.78 is 15.8. The molecule has 0 aliphatic heterocycles. The van der Waals surface area contributed by atoms with Crippen molar-refractivity contribution in [3.63, 3.8) is 0 Å². The predicted octanol–water partition coefficient (Wildman–Crippen LogP) is 2.26. The highest BCUT2D eigenvalue weighted by Gasteiger charge is 2.11. The number of ether oxygens (including phenoxy) is 3. The molecule has 0 fully saturated rings. The van der Waals surface area contributed by atoms with Gasteiger partial charge in [-0.3, -0.25) is 0 Å². The van der Waals surface area contributed by atoms with Crippen molar-refractivity contribution in [3.8, 4) is 11.5 Å². The van der Waals surface area contributed by atoms with Gasteiger partial charge in [0.1, 0.15) is 0 Å². The van der Waals surface area contributed by atoms with Gasteiger partial charge in [-0.15, -0.1) is 0 Å². The quantitative estimate of drug-likeness (QED) is 0.745. The van der Waals surface area contributed by atoms with Crippen LogP contribution in [0.3, 0.4) is 0 Å². The fourth-order valence-electron chi connectivity index (χ4n) is 2.03. The smallest absolute Gasteiger partial charge is 0.160 e. The molecule has 1 aromatic rings. The summed E-state index contributed by atoms with van der Waals surface area (Å²) in [5.41, 5.74) is 1.21. The van der Waals surface area contributed by atoms with Gasteiger partial charge in [-0.1, -0.05) is 13.0 Å². The second-order valence-corrected chi connectivity index (χ2v) is 4.50. The molecule has 0 aromatic heterocycles. The van der Waals surface area contributed by atoms with E-state index in [0.29, 0.717) is 12.6 Å². The Morgan fingerprint density at radius 1 is 1.11 bits per heavy atom. The number of methoxy groups -OCH3 is 3. The van der Waals surface area contributed by atoms with Gasteiger partial charge in [0, 0.05) is 13.2 Å². The summed E-state index contributed by atoms with van der Waals surface area (Å²) in [5.74, 6) is 1.53. The third kappa shape index (κ3) is 5.09. The van der Waals surface area contributed by atoms with Gasteiger partial charge in [0.05, 0.1) is 20.8 Å². The highest BCUT2D eigenvalue weighted by molar-refractivity contribution is 5.43. The van der Waals surface area contributed by atoms with Crippen LogP contribution in [0.1, 0.15) is 18.9 Å². The van der Waals surface area contributed by atoms with Crippen molar-refractivity contribution in [3.05, 3.63) is 23.8 Å². The summed E-state index contributed by atoms with van der Waals surface area (Å²) in [6, 6.07) is 6.35. The monoisotopic (exact) mass is 267 g/mol. The van der Waals surface area contributed by atoms with Crippen molar-refractivity contribution >= 4 is 0 Å². The van der Waals surface area contributed by atoms with Gasteiger partial charge in [-0.05, 0) is 37.1 Å². The fraction of sp³-hybridized carbons (Fsp3) is 0.600. The van der Waals surface area contributed by atoms with Crippen LogP contribution in [0.25, 0.3) is 0 Å². The Kier molecular flexibility index (Phi) is 7.30. The second kappa shape index (κ2) is 8.77. The van der Waals surface area contributed by atoms with E-state index in [1.807, 2.05) is 12.1 Å². The molecule has 0 spiro atoms. The van der Waals surface area contributed by atoms with Crippen molar-refractivity contribution in [1.29, 1.82) is 0 Å². The molecule has 4 nitrogen and oxygen atoms in total.